The highest BCUT2D eigenvalue weighted by Crippen LogP contribution is 2.21. The first-order chi connectivity index (χ1) is 10.7. The molecule has 0 unspecified atom stereocenters. The van der Waals surface area contributed by atoms with Crippen molar-refractivity contribution < 1.29 is 26.4 Å². The van der Waals surface area contributed by atoms with Crippen LogP contribution < -0.4 is 10.0 Å². The minimum Gasteiger partial charge on any atom is -0.435 e. The fourth-order valence-corrected chi connectivity index (χ4v) is 2.34. The smallest absolute Gasteiger partial charge is 0.292 e. The topological polar surface area (TPSA) is 101 Å². The van der Waals surface area contributed by atoms with Crippen molar-refractivity contribution in [2.75, 3.05) is 11.0 Å². The quantitative estimate of drug-likeness (QED) is 0.842. The molecular formula is C12H10ClF2N3O4S. The number of rotatable bonds is 5. The number of anilines is 1. The van der Waals surface area contributed by atoms with Crippen molar-refractivity contribution in [2.24, 2.45) is 0 Å². The summed E-state index contributed by atoms with van der Waals surface area (Å²) >= 11 is 5.42. The van der Waals surface area contributed by atoms with Crippen LogP contribution in [0.2, 0.25) is 5.35 Å². The van der Waals surface area contributed by atoms with Gasteiger partial charge in [-0.05, 0) is 29.3 Å². The number of nitrogens with one attached hydrogen (secondary N) is 2. The molecule has 1 heterocycles. The first-order valence-electron chi connectivity index (χ1n) is 6.00. The van der Waals surface area contributed by atoms with Crippen LogP contribution in [0.15, 0.2) is 22.8 Å². The highest BCUT2D eigenvalue weighted by atomic mass is 35.5. The standard InChI is InChI=1S/C12H10ClF2N3O4S/c1-23(20,21)18-10-7(14)2-6(3-8(10)15)4-16-11(19)9-5-22-12(13)17-9/h2-3,5,18H,4H2,1H3,(H,16,19). The summed E-state index contributed by atoms with van der Waals surface area (Å²) in [6.07, 6.45) is 1.79. The van der Waals surface area contributed by atoms with Crippen molar-refractivity contribution in [1.29, 1.82) is 0 Å². The maximum Gasteiger partial charge on any atom is 0.292 e. The van der Waals surface area contributed by atoms with E-state index in [2.05, 4.69) is 14.7 Å². The van der Waals surface area contributed by atoms with Crippen molar-refractivity contribution >= 4 is 33.2 Å². The summed E-state index contributed by atoms with van der Waals surface area (Å²) in [5, 5.41) is 2.14. The number of oxazole rings is 1. The summed E-state index contributed by atoms with van der Waals surface area (Å²) in [6.45, 7) is -0.212. The Morgan fingerprint density at radius 1 is 1.35 bits per heavy atom. The predicted molar refractivity (Wildman–Crippen MR) is 77.5 cm³/mol. The SMILES string of the molecule is CS(=O)(=O)Nc1c(F)cc(CNC(=O)c2coc(Cl)n2)cc1F. The highest BCUT2D eigenvalue weighted by molar-refractivity contribution is 7.92. The molecule has 0 radical (unpaired) electrons. The number of halogens is 3. The van der Waals surface area contributed by atoms with E-state index in [9.17, 15) is 22.0 Å². The van der Waals surface area contributed by atoms with Gasteiger partial charge >= 0.3 is 0 Å². The van der Waals surface area contributed by atoms with E-state index < -0.39 is 33.3 Å². The number of hydrogen-bond donors (Lipinski definition) is 2. The predicted octanol–water partition coefficient (Wildman–Crippen LogP) is 1.91. The number of sulfonamides is 1. The van der Waals surface area contributed by atoms with Gasteiger partial charge in [-0.1, -0.05) is 0 Å². The lowest BCUT2D eigenvalue weighted by atomic mass is 10.2. The molecule has 0 aliphatic rings. The van der Waals surface area contributed by atoms with Crippen LogP contribution >= 0.6 is 11.6 Å². The minimum absolute atomic E-state index is 0.0852. The first-order valence-corrected chi connectivity index (χ1v) is 8.27. The van der Waals surface area contributed by atoms with Gasteiger partial charge in [-0.25, -0.2) is 17.2 Å². The van der Waals surface area contributed by atoms with E-state index in [0.717, 1.165) is 24.7 Å². The number of aromatic nitrogens is 1. The van der Waals surface area contributed by atoms with Crippen LogP contribution in [0, 0.1) is 11.6 Å². The molecule has 2 aromatic rings. The molecule has 2 N–H and O–H groups in total. The Balaban J connectivity index is 2.11. The van der Waals surface area contributed by atoms with E-state index >= 15 is 0 Å². The van der Waals surface area contributed by atoms with Crippen molar-refractivity contribution in [3.63, 3.8) is 0 Å². The average molecular weight is 366 g/mol. The molecule has 7 nitrogen and oxygen atoms in total. The zero-order valence-corrected chi connectivity index (χ0v) is 13.1. The second-order valence-electron chi connectivity index (χ2n) is 4.48. The summed E-state index contributed by atoms with van der Waals surface area (Å²) in [4.78, 5) is 15.3. The van der Waals surface area contributed by atoms with E-state index in [-0.39, 0.29) is 23.2 Å². The molecule has 0 spiro atoms. The van der Waals surface area contributed by atoms with Crippen LogP contribution in [0.5, 0.6) is 0 Å². The lowest BCUT2D eigenvalue weighted by molar-refractivity contribution is 0.0945. The Morgan fingerprint density at radius 2 is 1.96 bits per heavy atom. The van der Waals surface area contributed by atoms with Crippen LogP contribution in [0.3, 0.4) is 0 Å². The lowest BCUT2D eigenvalue weighted by Gasteiger charge is -2.09. The Labute approximate surface area is 134 Å². The van der Waals surface area contributed by atoms with Gasteiger partial charge in [0.05, 0.1) is 6.26 Å². The second kappa shape index (κ2) is 6.50. The van der Waals surface area contributed by atoms with Gasteiger partial charge in [0.15, 0.2) is 17.3 Å². The molecular weight excluding hydrogens is 356 g/mol. The number of hydrogen-bond acceptors (Lipinski definition) is 5. The van der Waals surface area contributed by atoms with Crippen LogP contribution in [-0.2, 0) is 16.6 Å². The number of carbonyl (C=O) groups excluding carboxylic acids is 1. The third kappa shape index (κ3) is 4.63. The maximum atomic E-state index is 13.8. The fraction of sp³-hybridized carbons (Fsp3) is 0.167. The Hall–Kier alpha value is -2.20. The summed E-state index contributed by atoms with van der Waals surface area (Å²) < 4.78 is 56.0. The highest BCUT2D eigenvalue weighted by Gasteiger charge is 2.16. The molecule has 23 heavy (non-hydrogen) atoms. The van der Waals surface area contributed by atoms with Gasteiger partial charge in [0.25, 0.3) is 11.3 Å². The summed E-state index contributed by atoms with van der Waals surface area (Å²) in [7, 11) is -3.83. The second-order valence-corrected chi connectivity index (χ2v) is 6.55. The van der Waals surface area contributed by atoms with Crippen molar-refractivity contribution in [3.8, 4) is 0 Å². The van der Waals surface area contributed by atoms with Gasteiger partial charge in [0.1, 0.15) is 12.0 Å². The molecule has 0 bridgehead atoms. The maximum absolute atomic E-state index is 13.8. The van der Waals surface area contributed by atoms with Crippen LogP contribution in [0.25, 0.3) is 0 Å². The molecule has 0 fully saturated rings. The molecule has 0 aliphatic carbocycles. The minimum atomic E-state index is -3.83. The summed E-state index contributed by atoms with van der Waals surface area (Å²) in [6, 6.07) is 1.79. The zero-order valence-electron chi connectivity index (χ0n) is 11.6. The molecule has 0 aliphatic heterocycles. The first kappa shape index (κ1) is 17.2. The van der Waals surface area contributed by atoms with E-state index in [4.69, 9.17) is 11.6 Å². The molecule has 124 valence electrons. The molecule has 1 aromatic heterocycles. The molecule has 0 atom stereocenters. The van der Waals surface area contributed by atoms with Gasteiger partial charge in [0, 0.05) is 6.54 Å². The van der Waals surface area contributed by atoms with E-state index in [1.165, 1.54) is 0 Å². The number of carbonyl (C=O) groups is 1. The third-order valence-electron chi connectivity index (χ3n) is 2.55. The van der Waals surface area contributed by atoms with Gasteiger partial charge in [-0.2, -0.15) is 4.98 Å². The Kier molecular flexibility index (Phi) is 4.85. The van der Waals surface area contributed by atoms with Gasteiger partial charge in [-0.15, -0.1) is 0 Å². The van der Waals surface area contributed by atoms with Crippen LogP contribution in [0.4, 0.5) is 14.5 Å². The van der Waals surface area contributed by atoms with Crippen molar-refractivity contribution in [1.82, 2.24) is 10.3 Å². The van der Waals surface area contributed by atoms with E-state index in [1.54, 1.807) is 4.72 Å². The van der Waals surface area contributed by atoms with Gasteiger partial charge < -0.3 is 9.73 Å². The average Bonchev–Trinajstić information content (AvgIpc) is 2.86. The van der Waals surface area contributed by atoms with E-state index in [1.807, 2.05) is 0 Å². The largest absolute Gasteiger partial charge is 0.435 e. The van der Waals surface area contributed by atoms with Crippen molar-refractivity contribution in [3.05, 3.63) is 46.6 Å². The monoisotopic (exact) mass is 365 g/mol. The fourth-order valence-electron chi connectivity index (χ4n) is 1.64. The third-order valence-corrected chi connectivity index (χ3v) is 3.30. The van der Waals surface area contributed by atoms with Crippen molar-refractivity contribution in [2.45, 2.75) is 6.54 Å². The molecule has 0 saturated carbocycles. The molecule has 1 amide bonds. The lowest BCUT2D eigenvalue weighted by Crippen LogP contribution is -2.23. The van der Waals surface area contributed by atoms with E-state index in [0.29, 0.717) is 0 Å². The van der Waals surface area contributed by atoms with Crippen LogP contribution in [-0.4, -0.2) is 25.6 Å². The molecule has 0 saturated heterocycles. The van der Waals surface area contributed by atoms with Gasteiger partial charge in [-0.3, -0.25) is 9.52 Å². The molecule has 11 heteroatoms. The molecule has 2 rings (SSSR count). The zero-order chi connectivity index (χ0) is 17.2. The number of benzene rings is 1. The Morgan fingerprint density at radius 3 is 2.43 bits per heavy atom. The van der Waals surface area contributed by atoms with Gasteiger partial charge in [0.2, 0.25) is 10.0 Å². The van der Waals surface area contributed by atoms with Crippen LogP contribution in [0.1, 0.15) is 16.1 Å². The Bertz CT molecular complexity index is 831. The number of amides is 1. The summed E-state index contributed by atoms with van der Waals surface area (Å²) in [5.74, 6) is -2.87. The molecule has 1 aromatic carbocycles. The number of nitrogens with zero attached hydrogens (tertiary/aromatic N) is 1. The summed E-state index contributed by atoms with van der Waals surface area (Å²) in [5.41, 5.74) is -0.792. The normalized spacial score (nSPS) is 11.3.